The van der Waals surface area contributed by atoms with Gasteiger partial charge in [0, 0.05) is 0 Å². The third-order valence-corrected chi connectivity index (χ3v) is 65.2. The van der Waals surface area contributed by atoms with E-state index < -0.39 is 6.51 Å². The van der Waals surface area contributed by atoms with Gasteiger partial charge in [0.2, 0.25) is 0 Å². The van der Waals surface area contributed by atoms with Crippen LogP contribution in [0, 0.1) is 21.7 Å². The predicted molar refractivity (Wildman–Crippen MR) is 111 cm³/mol. The van der Waals surface area contributed by atoms with Crippen molar-refractivity contribution in [1.29, 1.82) is 0 Å². The molecule has 8 unspecified atom stereocenters. The first-order chi connectivity index (χ1) is 11.7. The van der Waals surface area contributed by atoms with Crippen molar-refractivity contribution in [2.75, 3.05) is 0 Å². The van der Waals surface area contributed by atoms with Crippen molar-refractivity contribution >= 4 is 0 Å². The van der Waals surface area contributed by atoms with Gasteiger partial charge >= 0.3 is 157 Å². The molecule has 154 valence electrons. The first-order valence-corrected chi connectivity index (χ1v) is 17.9. The zero-order valence-corrected chi connectivity index (χ0v) is 20.9. The predicted octanol–water partition coefficient (Wildman–Crippen LogP) is 9.04. The van der Waals surface area contributed by atoms with E-state index in [1.807, 2.05) is 0 Å². The van der Waals surface area contributed by atoms with Crippen LogP contribution in [0.1, 0.15) is 83.1 Å². The molecule has 0 aromatic heterocycles. The van der Waals surface area contributed by atoms with Gasteiger partial charge < -0.3 is 0 Å². The average Bonchev–Trinajstić information content (AvgIpc) is 3.36. The van der Waals surface area contributed by atoms with E-state index in [-0.39, 0.29) is 0 Å². The molecular weight excluding hydrogens is 368 g/mol. The van der Waals surface area contributed by atoms with Crippen molar-refractivity contribution in [1.82, 2.24) is 0 Å². The summed E-state index contributed by atoms with van der Waals surface area (Å²) in [5.41, 5.74) is 2.26. The summed E-state index contributed by atoms with van der Waals surface area (Å²) in [6.07, 6.45) is 0. The van der Waals surface area contributed by atoms with Gasteiger partial charge in [0.25, 0.3) is 0 Å². The average molecular weight is 410 g/mol. The molecule has 10 rings (SSSR count). The minimum atomic E-state index is -3.90. The van der Waals surface area contributed by atoms with Gasteiger partial charge in [-0.3, -0.25) is 0 Å². The second kappa shape index (κ2) is 1.39. The minimum absolute atomic E-state index is 0.566. The van der Waals surface area contributed by atoms with Crippen LogP contribution in [0.3, 0.4) is 0 Å². The third-order valence-electron chi connectivity index (χ3n) is 19.6. The third kappa shape index (κ3) is 0.192. The Morgan fingerprint density at radius 1 is 0.407 bits per heavy atom. The fourth-order valence-corrected chi connectivity index (χ4v) is 117. The van der Waals surface area contributed by atoms with Crippen LogP contribution in [-0.4, -0.2) is 0 Å². The van der Waals surface area contributed by atoms with E-state index in [9.17, 15) is 0 Å². The maximum absolute atomic E-state index is 3.90. The van der Waals surface area contributed by atoms with Crippen LogP contribution in [0.5, 0.6) is 0 Å². The standard InChI is InChI=1S/2C13H21.Fe/c2*1-12(2,3)10-7-8-11(9-10)13(4,5)6;/h2*7-9H,1-6H3;. The van der Waals surface area contributed by atoms with Crippen LogP contribution >= 0.6 is 0 Å². The summed E-state index contributed by atoms with van der Waals surface area (Å²) in [5, 5.41) is 0. The molecule has 10 aliphatic heterocycles. The summed E-state index contributed by atoms with van der Waals surface area (Å²) < 4.78 is 3.56. The van der Waals surface area contributed by atoms with Crippen molar-refractivity contribution in [3.8, 4) is 0 Å². The van der Waals surface area contributed by atoms with Crippen molar-refractivity contribution < 1.29 is 6.51 Å². The van der Waals surface area contributed by atoms with Gasteiger partial charge in [0.05, 0.1) is 0 Å². The molecule has 0 amide bonds. The van der Waals surface area contributed by atoms with Crippen LogP contribution in [0.25, 0.3) is 0 Å². The molecule has 27 heavy (non-hydrogen) atoms. The van der Waals surface area contributed by atoms with Crippen LogP contribution in [-0.2, 0) is 6.51 Å². The summed E-state index contributed by atoms with van der Waals surface area (Å²) in [6, 6.07) is 0. The Bertz CT molecular complexity index is 1200. The summed E-state index contributed by atoms with van der Waals surface area (Å²) in [7, 11) is 0. The van der Waals surface area contributed by atoms with E-state index in [1.54, 1.807) is 0 Å². The van der Waals surface area contributed by atoms with Gasteiger partial charge in [-0.25, -0.2) is 0 Å². The van der Waals surface area contributed by atoms with Crippen molar-refractivity contribution in [3.05, 3.63) is 0 Å². The summed E-state index contributed by atoms with van der Waals surface area (Å²) >= 11 is 0. The Morgan fingerprint density at radius 2 is 0.593 bits per heavy atom. The molecule has 10 aliphatic rings. The zero-order chi connectivity index (χ0) is 19.8. The van der Waals surface area contributed by atoms with E-state index in [1.165, 1.54) is 28.9 Å². The normalized spacial score (nSPS) is 90.5. The summed E-state index contributed by atoms with van der Waals surface area (Å²) in [4.78, 5) is 7.74. The first-order valence-electron chi connectivity index (χ1n) is 11.9. The Hall–Kier alpha value is 0.519. The van der Waals surface area contributed by atoms with Gasteiger partial charge in [0.15, 0.2) is 0 Å². The van der Waals surface area contributed by atoms with Crippen molar-refractivity contribution in [2.24, 2.45) is 21.7 Å². The van der Waals surface area contributed by atoms with Crippen LogP contribution in [0.2, 0.25) is 46.2 Å². The quantitative estimate of drug-likeness (QED) is 0.349. The molecule has 0 aromatic rings. The van der Waals surface area contributed by atoms with E-state index in [0.29, 0.717) is 21.7 Å². The van der Waals surface area contributed by atoms with E-state index in [2.05, 4.69) is 83.1 Å². The molecule has 0 aromatic carbocycles. The topological polar surface area (TPSA) is 0 Å². The SMILES string of the molecule is CC(C)(C)[C]12[CH]3[CH]4[C]5(C(C)(C)C)[CH]1[Fe]34251678[CH]2[CH]1[C]6(C(C)(C)C)[CH]7[C]28C(C)(C)C. The molecule has 10 fully saturated rings. The van der Waals surface area contributed by atoms with Crippen LogP contribution in [0.15, 0.2) is 0 Å². The molecule has 1 heteroatoms. The molecule has 0 radical (unpaired) electrons. The van der Waals surface area contributed by atoms with Crippen LogP contribution in [0.4, 0.5) is 0 Å². The first kappa shape index (κ1) is 14.5. The van der Waals surface area contributed by atoms with E-state index >= 15 is 0 Å². The monoisotopic (exact) mass is 410 g/mol. The molecule has 0 aliphatic carbocycles. The zero-order valence-electron chi connectivity index (χ0n) is 19.8. The Kier molecular flexibility index (Phi) is 0.746. The van der Waals surface area contributed by atoms with Crippen molar-refractivity contribution in [3.63, 3.8) is 0 Å². The molecule has 8 atom stereocenters. The molecular formula is C26H42Fe. The molecule has 0 nitrogen and oxygen atoms in total. The van der Waals surface area contributed by atoms with E-state index in [0.717, 1.165) is 17.3 Å². The molecule has 10 heterocycles. The summed E-state index contributed by atoms with van der Waals surface area (Å²) in [5.74, 6) is 0. The second-order valence-electron chi connectivity index (χ2n) is 19.0. The number of hydrogen-bond donors (Lipinski definition) is 0. The fourth-order valence-electron chi connectivity index (χ4n) is 25.5. The molecule has 10 saturated heterocycles. The van der Waals surface area contributed by atoms with Gasteiger partial charge in [-0.05, 0) is 0 Å². The van der Waals surface area contributed by atoms with Crippen molar-refractivity contribution in [2.45, 2.75) is 129 Å². The van der Waals surface area contributed by atoms with Gasteiger partial charge in [-0.1, -0.05) is 0 Å². The fraction of sp³-hybridized carbons (Fsp3) is 1.00. The summed E-state index contributed by atoms with van der Waals surface area (Å²) in [6.45, 7) is 28.7. The Balaban J connectivity index is 1.56. The molecule has 0 bridgehead atoms. The van der Waals surface area contributed by atoms with Gasteiger partial charge in [-0.2, -0.15) is 0 Å². The molecule has 1 spiro atoms. The van der Waals surface area contributed by atoms with Gasteiger partial charge in [0.1, 0.15) is 0 Å². The Morgan fingerprint density at radius 3 is 0.704 bits per heavy atom. The van der Waals surface area contributed by atoms with Gasteiger partial charge in [-0.15, -0.1) is 0 Å². The molecule has 0 saturated carbocycles. The van der Waals surface area contributed by atoms with E-state index in [4.69, 9.17) is 0 Å². The number of fused-ring (bicyclic) bond motifs is 10. The number of rotatable bonds is 0. The second-order valence-corrected chi connectivity index (χ2v) is 41.5. The maximum atomic E-state index is 2.72. The number of hydrogen-bond acceptors (Lipinski definition) is 0. The molecule has 0 N–H and O–H groups in total. The Labute approximate surface area is 157 Å². The van der Waals surface area contributed by atoms with Crippen LogP contribution < -0.4 is 0 Å².